The van der Waals surface area contributed by atoms with Crippen molar-refractivity contribution in [1.82, 2.24) is 4.31 Å². The summed E-state index contributed by atoms with van der Waals surface area (Å²) >= 11 is 5.90. The zero-order valence-electron chi connectivity index (χ0n) is 13.0. The van der Waals surface area contributed by atoms with Gasteiger partial charge in [-0.1, -0.05) is 30.7 Å². The van der Waals surface area contributed by atoms with Crippen molar-refractivity contribution in [3.8, 4) is 0 Å². The largest absolute Gasteiger partial charge is 0.396 e. The summed E-state index contributed by atoms with van der Waals surface area (Å²) in [7, 11) is -3.14. The first kappa shape index (κ1) is 17.7. The van der Waals surface area contributed by atoms with Crippen LogP contribution in [0.25, 0.3) is 0 Å². The van der Waals surface area contributed by atoms with Crippen LogP contribution < -0.4 is 0 Å². The second-order valence-corrected chi connectivity index (χ2v) is 8.70. The number of nitrogens with zero attached hydrogens (tertiary/aromatic N) is 1. The van der Waals surface area contributed by atoms with E-state index in [-0.39, 0.29) is 17.8 Å². The first-order chi connectivity index (χ1) is 10.4. The molecule has 1 saturated heterocycles. The van der Waals surface area contributed by atoms with Gasteiger partial charge in [0.2, 0.25) is 10.0 Å². The lowest BCUT2D eigenvalue weighted by molar-refractivity contribution is 0.0685. The predicted molar refractivity (Wildman–Crippen MR) is 89.6 cm³/mol. The van der Waals surface area contributed by atoms with E-state index >= 15 is 0 Å². The highest BCUT2D eigenvalue weighted by molar-refractivity contribution is 7.89. The Morgan fingerprint density at radius 3 is 2.32 bits per heavy atom. The van der Waals surface area contributed by atoms with Crippen molar-refractivity contribution in [3.05, 3.63) is 34.9 Å². The molecule has 0 saturated carbocycles. The van der Waals surface area contributed by atoms with Crippen molar-refractivity contribution in [2.45, 2.75) is 32.6 Å². The van der Waals surface area contributed by atoms with Crippen LogP contribution in [0.5, 0.6) is 0 Å². The first-order valence-corrected chi connectivity index (χ1v) is 9.73. The van der Waals surface area contributed by atoms with Gasteiger partial charge in [-0.25, -0.2) is 12.7 Å². The Hall–Kier alpha value is -0.620. The molecule has 0 amide bonds. The molecule has 124 valence electrons. The van der Waals surface area contributed by atoms with E-state index in [4.69, 9.17) is 11.6 Å². The lowest BCUT2D eigenvalue weighted by atomic mass is 9.75. The minimum Gasteiger partial charge on any atom is -0.396 e. The van der Waals surface area contributed by atoms with Crippen molar-refractivity contribution < 1.29 is 13.5 Å². The Balaban J connectivity index is 2.04. The molecule has 0 bridgehead atoms. The Morgan fingerprint density at radius 2 is 1.82 bits per heavy atom. The smallest absolute Gasteiger partial charge is 0.214 e. The molecule has 1 fully saturated rings. The number of aliphatic hydroxyl groups excluding tert-OH is 1. The highest BCUT2D eigenvalue weighted by Gasteiger charge is 2.37. The van der Waals surface area contributed by atoms with Gasteiger partial charge in [-0.2, -0.15) is 0 Å². The molecule has 4 nitrogen and oxygen atoms in total. The van der Waals surface area contributed by atoms with Crippen molar-refractivity contribution in [2.75, 3.05) is 25.4 Å². The number of aliphatic hydroxyl groups is 1. The molecule has 1 N–H and O–H groups in total. The molecule has 1 aliphatic heterocycles. The molecule has 0 aromatic heterocycles. The first-order valence-electron chi connectivity index (χ1n) is 7.74. The van der Waals surface area contributed by atoms with E-state index in [1.54, 1.807) is 4.31 Å². The van der Waals surface area contributed by atoms with Crippen LogP contribution >= 0.6 is 11.6 Å². The molecule has 1 heterocycles. The maximum atomic E-state index is 12.1. The fourth-order valence-electron chi connectivity index (χ4n) is 3.05. The molecule has 1 aliphatic rings. The quantitative estimate of drug-likeness (QED) is 0.862. The third kappa shape index (κ3) is 4.22. The molecule has 0 atom stereocenters. The molecule has 2 rings (SSSR count). The number of piperidine rings is 1. The second-order valence-electron chi connectivity index (χ2n) is 6.18. The Kier molecular flexibility index (Phi) is 5.88. The summed E-state index contributed by atoms with van der Waals surface area (Å²) < 4.78 is 25.8. The number of benzene rings is 1. The summed E-state index contributed by atoms with van der Waals surface area (Å²) in [4.78, 5) is 0. The topological polar surface area (TPSA) is 57.6 Å². The van der Waals surface area contributed by atoms with E-state index in [0.717, 1.165) is 12.0 Å². The van der Waals surface area contributed by atoms with Gasteiger partial charge in [0.15, 0.2) is 0 Å². The molecule has 1 aromatic rings. The normalized spacial score (nSPS) is 19.2. The van der Waals surface area contributed by atoms with Gasteiger partial charge in [-0.05, 0) is 48.8 Å². The van der Waals surface area contributed by atoms with Crippen LogP contribution in [0.2, 0.25) is 5.02 Å². The number of hydrogen-bond acceptors (Lipinski definition) is 3. The van der Waals surface area contributed by atoms with Crippen molar-refractivity contribution >= 4 is 21.6 Å². The van der Waals surface area contributed by atoms with E-state index in [0.29, 0.717) is 37.4 Å². The van der Waals surface area contributed by atoms with E-state index in [2.05, 4.69) is 0 Å². The Morgan fingerprint density at radius 1 is 1.23 bits per heavy atom. The summed E-state index contributed by atoms with van der Waals surface area (Å²) in [5.41, 5.74) is 0.898. The maximum absolute atomic E-state index is 12.1. The number of hydrogen-bond donors (Lipinski definition) is 1. The fraction of sp³-hybridized carbons (Fsp3) is 0.625. The fourth-order valence-corrected chi connectivity index (χ4v) is 4.69. The second kappa shape index (κ2) is 7.30. The third-order valence-corrected chi connectivity index (χ3v) is 6.79. The van der Waals surface area contributed by atoms with Crippen molar-refractivity contribution in [2.24, 2.45) is 5.41 Å². The summed E-state index contributed by atoms with van der Waals surface area (Å²) in [6.07, 6.45) is 2.77. The van der Waals surface area contributed by atoms with Crippen LogP contribution in [0.3, 0.4) is 0 Å². The van der Waals surface area contributed by atoms with E-state index in [9.17, 15) is 13.5 Å². The summed E-state index contributed by atoms with van der Waals surface area (Å²) in [5, 5.41) is 10.6. The standard InChI is InChI=1S/C16H24ClNO3S/c1-2-11-22(20,21)18-9-7-16(13-19,8-10-18)12-14-3-5-15(17)6-4-14/h3-6,19H,2,7-13H2,1H3. The lowest BCUT2D eigenvalue weighted by Crippen LogP contribution is -2.46. The SMILES string of the molecule is CCCS(=O)(=O)N1CCC(CO)(Cc2ccc(Cl)cc2)CC1. The van der Waals surface area contributed by atoms with Gasteiger partial charge < -0.3 is 5.11 Å². The molecule has 0 aliphatic carbocycles. The molecular formula is C16H24ClNO3S. The monoisotopic (exact) mass is 345 g/mol. The van der Waals surface area contributed by atoms with Gasteiger partial charge in [0.05, 0.1) is 5.75 Å². The molecule has 0 unspecified atom stereocenters. The van der Waals surface area contributed by atoms with Gasteiger partial charge in [-0.15, -0.1) is 0 Å². The lowest BCUT2D eigenvalue weighted by Gasteiger charge is -2.40. The van der Waals surface area contributed by atoms with Gasteiger partial charge in [0.1, 0.15) is 0 Å². The number of rotatable bonds is 6. The number of sulfonamides is 1. The molecule has 1 aromatic carbocycles. The zero-order chi connectivity index (χ0) is 16.2. The minimum absolute atomic E-state index is 0.0806. The number of halogens is 1. The average molecular weight is 346 g/mol. The maximum Gasteiger partial charge on any atom is 0.214 e. The predicted octanol–water partition coefficient (Wildman–Crippen LogP) is 2.70. The molecule has 0 spiro atoms. The van der Waals surface area contributed by atoms with Crippen molar-refractivity contribution in [3.63, 3.8) is 0 Å². The molecular weight excluding hydrogens is 322 g/mol. The minimum atomic E-state index is -3.14. The molecule has 22 heavy (non-hydrogen) atoms. The molecule has 0 radical (unpaired) electrons. The van der Waals surface area contributed by atoms with E-state index in [1.807, 2.05) is 31.2 Å². The van der Waals surface area contributed by atoms with Crippen molar-refractivity contribution in [1.29, 1.82) is 0 Å². The van der Waals surface area contributed by atoms with Crippen LogP contribution in [-0.4, -0.2) is 43.3 Å². The van der Waals surface area contributed by atoms with Crippen LogP contribution in [-0.2, 0) is 16.4 Å². The summed E-state index contributed by atoms with van der Waals surface area (Å²) in [6, 6.07) is 7.64. The Labute approximate surface area is 138 Å². The van der Waals surface area contributed by atoms with Crippen LogP contribution in [0.4, 0.5) is 0 Å². The van der Waals surface area contributed by atoms with Crippen LogP contribution in [0, 0.1) is 5.41 Å². The van der Waals surface area contributed by atoms with Crippen LogP contribution in [0.15, 0.2) is 24.3 Å². The van der Waals surface area contributed by atoms with E-state index in [1.165, 1.54) is 0 Å². The zero-order valence-corrected chi connectivity index (χ0v) is 14.5. The van der Waals surface area contributed by atoms with Gasteiger partial charge in [0.25, 0.3) is 0 Å². The highest BCUT2D eigenvalue weighted by atomic mass is 35.5. The van der Waals surface area contributed by atoms with Crippen LogP contribution in [0.1, 0.15) is 31.7 Å². The summed E-state index contributed by atoms with van der Waals surface area (Å²) in [5.74, 6) is 0.205. The summed E-state index contributed by atoms with van der Waals surface area (Å²) in [6.45, 7) is 2.95. The average Bonchev–Trinajstić information content (AvgIpc) is 2.50. The van der Waals surface area contributed by atoms with Gasteiger partial charge in [0, 0.05) is 24.7 Å². The van der Waals surface area contributed by atoms with E-state index < -0.39 is 10.0 Å². The molecule has 6 heteroatoms. The Bertz CT molecular complexity index is 578. The third-order valence-electron chi connectivity index (χ3n) is 4.47. The van der Waals surface area contributed by atoms with Gasteiger partial charge >= 0.3 is 0 Å². The highest BCUT2D eigenvalue weighted by Crippen LogP contribution is 2.35. The van der Waals surface area contributed by atoms with Gasteiger partial charge in [-0.3, -0.25) is 0 Å².